The second-order valence-corrected chi connectivity index (χ2v) is 4.98. The normalized spacial score (nSPS) is 12.4. The summed E-state index contributed by atoms with van der Waals surface area (Å²) in [6.45, 7) is 7.43. The molecule has 2 rings (SSSR count). The Kier molecular flexibility index (Phi) is 4.61. The summed E-state index contributed by atoms with van der Waals surface area (Å²) in [4.78, 5) is 4.58. The Morgan fingerprint density at radius 2 is 2.00 bits per heavy atom. The summed E-state index contributed by atoms with van der Waals surface area (Å²) in [7, 11) is 0. The summed E-state index contributed by atoms with van der Waals surface area (Å²) in [6, 6.07) is 10.8. The van der Waals surface area contributed by atoms with Crippen LogP contribution in [0.4, 0.5) is 5.95 Å². The van der Waals surface area contributed by atoms with Gasteiger partial charge in [-0.25, -0.2) is 4.98 Å². The van der Waals surface area contributed by atoms with Gasteiger partial charge in [0.1, 0.15) is 0 Å². The van der Waals surface area contributed by atoms with Crippen molar-refractivity contribution in [2.45, 2.75) is 39.7 Å². The summed E-state index contributed by atoms with van der Waals surface area (Å²) in [5, 5.41) is 3.44. The van der Waals surface area contributed by atoms with E-state index in [-0.39, 0.29) is 0 Å². The fraction of sp³-hybridized carbons (Fsp3) is 0.438. The molecule has 0 aliphatic heterocycles. The highest BCUT2D eigenvalue weighted by atomic mass is 15.2. The summed E-state index contributed by atoms with van der Waals surface area (Å²) in [5.41, 5.74) is 2.36. The van der Waals surface area contributed by atoms with Crippen LogP contribution in [0.1, 0.15) is 44.0 Å². The molecule has 0 fully saturated rings. The Labute approximate surface area is 115 Å². The molecule has 3 heteroatoms. The van der Waals surface area contributed by atoms with Gasteiger partial charge in [-0.05, 0) is 25.8 Å². The third-order valence-electron chi connectivity index (χ3n) is 3.37. The van der Waals surface area contributed by atoms with Crippen molar-refractivity contribution in [2.75, 3.05) is 11.9 Å². The standard InChI is InChI=1S/C16H23N3/c1-4-5-11-17-16-18-13(2)12-19(16)14(3)15-9-7-6-8-10-15/h6-10,12,14H,4-5,11H2,1-3H3,(H,17,18). The van der Waals surface area contributed by atoms with Gasteiger partial charge in [0.05, 0.1) is 11.7 Å². The average Bonchev–Trinajstić information content (AvgIpc) is 2.80. The van der Waals surface area contributed by atoms with E-state index in [1.807, 2.05) is 6.92 Å². The number of hydrogen-bond donors (Lipinski definition) is 1. The van der Waals surface area contributed by atoms with Crippen molar-refractivity contribution in [1.29, 1.82) is 0 Å². The van der Waals surface area contributed by atoms with E-state index in [0.717, 1.165) is 18.2 Å². The van der Waals surface area contributed by atoms with Gasteiger partial charge in [0.25, 0.3) is 0 Å². The van der Waals surface area contributed by atoms with Gasteiger partial charge in [-0.3, -0.25) is 0 Å². The van der Waals surface area contributed by atoms with E-state index in [1.54, 1.807) is 0 Å². The maximum absolute atomic E-state index is 4.58. The number of rotatable bonds is 6. The highest BCUT2D eigenvalue weighted by Gasteiger charge is 2.12. The van der Waals surface area contributed by atoms with E-state index in [9.17, 15) is 0 Å². The molecule has 19 heavy (non-hydrogen) atoms. The zero-order valence-electron chi connectivity index (χ0n) is 12.1. The van der Waals surface area contributed by atoms with Gasteiger partial charge < -0.3 is 9.88 Å². The first-order valence-corrected chi connectivity index (χ1v) is 7.06. The van der Waals surface area contributed by atoms with E-state index < -0.39 is 0 Å². The molecule has 1 aromatic carbocycles. The van der Waals surface area contributed by atoms with Crippen LogP contribution in [-0.2, 0) is 0 Å². The summed E-state index contributed by atoms with van der Waals surface area (Å²) < 4.78 is 2.22. The van der Waals surface area contributed by atoms with Crippen LogP contribution in [0.5, 0.6) is 0 Å². The van der Waals surface area contributed by atoms with Crippen LogP contribution in [0.25, 0.3) is 0 Å². The molecule has 1 atom stereocenters. The molecule has 1 N–H and O–H groups in total. The first-order valence-electron chi connectivity index (χ1n) is 7.06. The minimum atomic E-state index is 0.298. The van der Waals surface area contributed by atoms with Crippen molar-refractivity contribution < 1.29 is 0 Å². The molecule has 0 bridgehead atoms. The van der Waals surface area contributed by atoms with Gasteiger partial charge in [-0.1, -0.05) is 43.7 Å². The minimum Gasteiger partial charge on any atom is -0.356 e. The second kappa shape index (κ2) is 6.41. The van der Waals surface area contributed by atoms with Gasteiger partial charge in [-0.2, -0.15) is 0 Å². The zero-order chi connectivity index (χ0) is 13.7. The molecule has 1 heterocycles. The Morgan fingerprint density at radius 3 is 2.68 bits per heavy atom. The molecule has 3 nitrogen and oxygen atoms in total. The molecule has 0 saturated heterocycles. The Bertz CT molecular complexity index is 502. The van der Waals surface area contributed by atoms with Crippen molar-refractivity contribution in [1.82, 2.24) is 9.55 Å². The molecule has 1 unspecified atom stereocenters. The highest BCUT2D eigenvalue weighted by Crippen LogP contribution is 2.22. The third kappa shape index (κ3) is 3.37. The SMILES string of the molecule is CCCCNc1nc(C)cn1C(C)c1ccccc1. The molecule has 1 aromatic heterocycles. The number of benzene rings is 1. The molecular formula is C16H23N3. The topological polar surface area (TPSA) is 29.9 Å². The van der Waals surface area contributed by atoms with Crippen molar-refractivity contribution in [2.24, 2.45) is 0 Å². The number of hydrogen-bond acceptors (Lipinski definition) is 2. The lowest BCUT2D eigenvalue weighted by Crippen LogP contribution is -2.12. The van der Waals surface area contributed by atoms with Crippen LogP contribution < -0.4 is 5.32 Å². The van der Waals surface area contributed by atoms with Gasteiger partial charge >= 0.3 is 0 Å². The summed E-state index contributed by atoms with van der Waals surface area (Å²) >= 11 is 0. The molecule has 2 aromatic rings. The van der Waals surface area contributed by atoms with Gasteiger partial charge in [0, 0.05) is 12.7 Å². The van der Waals surface area contributed by atoms with Gasteiger partial charge in [0.2, 0.25) is 5.95 Å². The van der Waals surface area contributed by atoms with Crippen LogP contribution in [-0.4, -0.2) is 16.1 Å². The molecule has 0 saturated carbocycles. The Balaban J connectivity index is 2.19. The van der Waals surface area contributed by atoms with Crippen LogP contribution in [0.15, 0.2) is 36.5 Å². The van der Waals surface area contributed by atoms with Crippen molar-refractivity contribution in [3.63, 3.8) is 0 Å². The van der Waals surface area contributed by atoms with Gasteiger partial charge in [0.15, 0.2) is 0 Å². The monoisotopic (exact) mass is 257 g/mol. The van der Waals surface area contributed by atoms with E-state index in [0.29, 0.717) is 6.04 Å². The fourth-order valence-corrected chi connectivity index (χ4v) is 2.21. The average molecular weight is 257 g/mol. The van der Waals surface area contributed by atoms with Crippen LogP contribution >= 0.6 is 0 Å². The largest absolute Gasteiger partial charge is 0.356 e. The molecular weight excluding hydrogens is 234 g/mol. The zero-order valence-corrected chi connectivity index (χ0v) is 12.1. The fourth-order valence-electron chi connectivity index (χ4n) is 2.21. The molecule has 0 radical (unpaired) electrons. The van der Waals surface area contributed by atoms with E-state index in [1.165, 1.54) is 18.4 Å². The number of aryl methyl sites for hydroxylation is 1. The van der Waals surface area contributed by atoms with E-state index in [4.69, 9.17) is 0 Å². The lowest BCUT2D eigenvalue weighted by Gasteiger charge is -2.17. The molecule has 102 valence electrons. The molecule has 0 aliphatic carbocycles. The minimum absolute atomic E-state index is 0.298. The number of unbranched alkanes of at least 4 members (excludes halogenated alkanes) is 1. The number of imidazole rings is 1. The Hall–Kier alpha value is -1.77. The third-order valence-corrected chi connectivity index (χ3v) is 3.37. The van der Waals surface area contributed by atoms with Crippen molar-refractivity contribution in [3.8, 4) is 0 Å². The van der Waals surface area contributed by atoms with Crippen LogP contribution in [0.2, 0.25) is 0 Å². The smallest absolute Gasteiger partial charge is 0.203 e. The van der Waals surface area contributed by atoms with Crippen LogP contribution in [0, 0.1) is 6.92 Å². The van der Waals surface area contributed by atoms with E-state index in [2.05, 4.69) is 65.2 Å². The molecule has 0 aliphatic rings. The van der Waals surface area contributed by atoms with E-state index >= 15 is 0 Å². The first kappa shape index (κ1) is 13.7. The van der Waals surface area contributed by atoms with Gasteiger partial charge in [-0.15, -0.1) is 0 Å². The lowest BCUT2D eigenvalue weighted by atomic mass is 10.1. The summed E-state index contributed by atoms with van der Waals surface area (Å²) in [5.74, 6) is 0.974. The molecule has 0 spiro atoms. The van der Waals surface area contributed by atoms with Crippen LogP contribution in [0.3, 0.4) is 0 Å². The lowest BCUT2D eigenvalue weighted by molar-refractivity contribution is 0.641. The maximum Gasteiger partial charge on any atom is 0.203 e. The summed E-state index contributed by atoms with van der Waals surface area (Å²) in [6.07, 6.45) is 4.48. The molecule has 0 amide bonds. The number of anilines is 1. The quantitative estimate of drug-likeness (QED) is 0.792. The highest BCUT2D eigenvalue weighted by molar-refractivity contribution is 5.32. The predicted octanol–water partition coefficient (Wildman–Crippen LogP) is 4.01. The number of nitrogens with one attached hydrogen (secondary N) is 1. The Morgan fingerprint density at radius 1 is 1.26 bits per heavy atom. The second-order valence-electron chi connectivity index (χ2n) is 4.98. The maximum atomic E-state index is 4.58. The van der Waals surface area contributed by atoms with Crippen molar-refractivity contribution >= 4 is 5.95 Å². The van der Waals surface area contributed by atoms with Crippen molar-refractivity contribution in [3.05, 3.63) is 47.8 Å². The first-order chi connectivity index (χ1) is 9.22. The number of nitrogens with zero attached hydrogens (tertiary/aromatic N) is 2. The number of aromatic nitrogens is 2. The predicted molar refractivity (Wildman–Crippen MR) is 80.6 cm³/mol.